The molecule has 0 fully saturated rings. The summed E-state index contributed by atoms with van der Waals surface area (Å²) in [4.78, 5) is 45.9. The first-order valence-electron chi connectivity index (χ1n) is 6.23. The minimum Gasteiger partial charge on any atom is -0.480 e. The van der Waals surface area contributed by atoms with E-state index in [4.69, 9.17) is 15.3 Å². The van der Waals surface area contributed by atoms with Crippen LogP contribution in [0.5, 0.6) is 0 Å². The molecule has 0 radical (unpaired) electrons. The quantitative estimate of drug-likeness (QED) is 0.431. The summed E-state index contributed by atoms with van der Waals surface area (Å²) in [6, 6.07) is -0.483. The van der Waals surface area contributed by atoms with Gasteiger partial charge in [0.15, 0.2) is 0 Å². The summed E-state index contributed by atoms with van der Waals surface area (Å²) >= 11 is 0. The van der Waals surface area contributed by atoms with Crippen molar-refractivity contribution in [2.75, 3.05) is 32.7 Å². The molecule has 0 aromatic carbocycles. The maximum absolute atomic E-state index is 11.1. The fourth-order valence-corrected chi connectivity index (χ4v) is 1.88. The molecule has 120 valence electrons. The summed E-state index contributed by atoms with van der Waals surface area (Å²) < 4.78 is 0. The van der Waals surface area contributed by atoms with E-state index >= 15 is 0 Å². The van der Waals surface area contributed by atoms with Crippen molar-refractivity contribution in [1.82, 2.24) is 9.80 Å². The lowest BCUT2D eigenvalue weighted by Gasteiger charge is -2.30. The predicted octanol–water partition coefficient (Wildman–Crippen LogP) is -1.18. The third-order valence-electron chi connectivity index (χ3n) is 2.63. The Bertz CT molecular complexity index is 378. The Labute approximate surface area is 121 Å². The fourth-order valence-electron chi connectivity index (χ4n) is 1.88. The second-order valence-electron chi connectivity index (χ2n) is 4.81. The van der Waals surface area contributed by atoms with Gasteiger partial charge in [-0.05, 0) is 13.8 Å². The van der Waals surface area contributed by atoms with Gasteiger partial charge in [-0.2, -0.15) is 0 Å². The summed E-state index contributed by atoms with van der Waals surface area (Å²) in [7, 11) is 0. The van der Waals surface area contributed by atoms with Crippen LogP contribution in [0.25, 0.3) is 0 Å². The average molecular weight is 304 g/mol. The van der Waals surface area contributed by atoms with Gasteiger partial charge >= 0.3 is 17.9 Å². The molecule has 0 rings (SSSR count). The van der Waals surface area contributed by atoms with Gasteiger partial charge in [0, 0.05) is 12.6 Å². The van der Waals surface area contributed by atoms with Crippen molar-refractivity contribution in [3.63, 3.8) is 0 Å². The molecule has 1 atom stereocenters. The molecule has 0 heterocycles. The standard InChI is InChI=1S/C12H20N2O7/c1-8(14(4-9(2)15)7-12(20)21)3-13(5-10(16)17)6-11(18)19/h8H,3-7H2,1-2H3,(H,16,17)(H,18,19)(H,20,21)/t8-/m1/s1. The number of carboxylic acid groups (broad SMARTS) is 3. The predicted molar refractivity (Wildman–Crippen MR) is 71.1 cm³/mol. The number of nitrogens with zero attached hydrogens (tertiary/aromatic N) is 2. The maximum Gasteiger partial charge on any atom is 0.317 e. The minimum atomic E-state index is -1.18. The molecular formula is C12H20N2O7. The van der Waals surface area contributed by atoms with E-state index in [2.05, 4.69) is 0 Å². The fraction of sp³-hybridized carbons (Fsp3) is 0.667. The van der Waals surface area contributed by atoms with Gasteiger partial charge in [-0.1, -0.05) is 0 Å². The molecule has 21 heavy (non-hydrogen) atoms. The van der Waals surface area contributed by atoms with Gasteiger partial charge in [-0.15, -0.1) is 0 Å². The van der Waals surface area contributed by atoms with Crippen LogP contribution in [-0.4, -0.2) is 87.6 Å². The zero-order valence-corrected chi connectivity index (χ0v) is 12.0. The minimum absolute atomic E-state index is 0.0269. The lowest BCUT2D eigenvalue weighted by molar-refractivity contribution is -0.144. The molecule has 9 heteroatoms. The highest BCUT2D eigenvalue weighted by Crippen LogP contribution is 2.03. The lowest BCUT2D eigenvalue weighted by Crippen LogP contribution is -2.48. The van der Waals surface area contributed by atoms with E-state index in [1.165, 1.54) is 16.7 Å². The van der Waals surface area contributed by atoms with Crippen LogP contribution >= 0.6 is 0 Å². The molecular weight excluding hydrogens is 284 g/mol. The Morgan fingerprint density at radius 1 is 0.857 bits per heavy atom. The molecule has 0 amide bonds. The van der Waals surface area contributed by atoms with Crippen LogP contribution in [-0.2, 0) is 19.2 Å². The molecule has 0 spiro atoms. The van der Waals surface area contributed by atoms with E-state index < -0.39 is 37.0 Å². The molecule has 0 aliphatic carbocycles. The van der Waals surface area contributed by atoms with Gasteiger partial charge in [0.2, 0.25) is 0 Å². The van der Waals surface area contributed by atoms with Crippen LogP contribution in [0.4, 0.5) is 0 Å². The SMILES string of the molecule is CC(=O)CN(CC(=O)O)[C@H](C)CN(CC(=O)O)CC(=O)O. The molecule has 0 bridgehead atoms. The number of hydrogen-bond acceptors (Lipinski definition) is 6. The van der Waals surface area contributed by atoms with Crippen molar-refractivity contribution in [3.05, 3.63) is 0 Å². The number of carbonyl (C=O) groups excluding carboxylic acids is 1. The third-order valence-corrected chi connectivity index (χ3v) is 2.63. The maximum atomic E-state index is 11.1. The first-order chi connectivity index (χ1) is 9.61. The highest BCUT2D eigenvalue weighted by atomic mass is 16.4. The number of aliphatic carboxylic acids is 3. The number of Topliss-reactive ketones (excluding diaryl/α,β-unsaturated/α-hetero) is 1. The third kappa shape index (κ3) is 9.52. The number of rotatable bonds is 11. The lowest BCUT2D eigenvalue weighted by atomic mass is 10.2. The first kappa shape index (κ1) is 19.0. The van der Waals surface area contributed by atoms with Gasteiger partial charge in [0.25, 0.3) is 0 Å². The highest BCUT2D eigenvalue weighted by Gasteiger charge is 2.23. The number of hydrogen-bond donors (Lipinski definition) is 3. The van der Waals surface area contributed by atoms with Crippen LogP contribution < -0.4 is 0 Å². The Balaban J connectivity index is 4.81. The Morgan fingerprint density at radius 2 is 1.29 bits per heavy atom. The van der Waals surface area contributed by atoms with Crippen molar-refractivity contribution in [3.8, 4) is 0 Å². The Morgan fingerprint density at radius 3 is 1.62 bits per heavy atom. The molecule has 3 N–H and O–H groups in total. The Hall–Kier alpha value is -2.00. The van der Waals surface area contributed by atoms with Crippen molar-refractivity contribution >= 4 is 23.7 Å². The summed E-state index contributed by atoms with van der Waals surface area (Å²) in [5.74, 6) is -3.71. The normalized spacial score (nSPS) is 12.4. The largest absolute Gasteiger partial charge is 0.480 e. The van der Waals surface area contributed by atoms with E-state index in [1.807, 2.05) is 0 Å². The second-order valence-corrected chi connectivity index (χ2v) is 4.81. The topological polar surface area (TPSA) is 135 Å². The van der Waals surface area contributed by atoms with Crippen molar-refractivity contribution < 1.29 is 34.5 Å². The van der Waals surface area contributed by atoms with Gasteiger partial charge in [-0.3, -0.25) is 29.0 Å². The second kappa shape index (κ2) is 9.03. The molecule has 0 unspecified atom stereocenters. The monoisotopic (exact) mass is 304 g/mol. The number of carbonyl (C=O) groups is 4. The van der Waals surface area contributed by atoms with Gasteiger partial charge in [0.1, 0.15) is 5.78 Å². The van der Waals surface area contributed by atoms with Crippen molar-refractivity contribution in [2.24, 2.45) is 0 Å². The van der Waals surface area contributed by atoms with E-state index in [1.54, 1.807) is 6.92 Å². The zero-order chi connectivity index (χ0) is 16.6. The smallest absolute Gasteiger partial charge is 0.317 e. The molecule has 0 saturated carbocycles. The van der Waals surface area contributed by atoms with E-state index in [0.29, 0.717) is 0 Å². The molecule has 0 saturated heterocycles. The van der Waals surface area contributed by atoms with Gasteiger partial charge < -0.3 is 15.3 Å². The van der Waals surface area contributed by atoms with Crippen LogP contribution in [0.2, 0.25) is 0 Å². The van der Waals surface area contributed by atoms with Crippen molar-refractivity contribution in [1.29, 1.82) is 0 Å². The summed E-state index contributed by atoms with van der Waals surface area (Å²) in [6.45, 7) is 1.53. The first-order valence-corrected chi connectivity index (χ1v) is 6.23. The summed E-state index contributed by atoms with van der Waals surface area (Å²) in [5, 5.41) is 26.3. The van der Waals surface area contributed by atoms with Gasteiger partial charge in [0.05, 0.1) is 26.2 Å². The summed E-state index contributed by atoms with van der Waals surface area (Å²) in [6.07, 6.45) is 0. The number of carboxylic acids is 3. The number of ketones is 1. The van der Waals surface area contributed by atoms with Crippen molar-refractivity contribution in [2.45, 2.75) is 19.9 Å². The average Bonchev–Trinajstić information content (AvgIpc) is 2.24. The Kier molecular flexibility index (Phi) is 8.17. The van der Waals surface area contributed by atoms with E-state index in [-0.39, 0.29) is 25.4 Å². The van der Waals surface area contributed by atoms with E-state index in [0.717, 1.165) is 0 Å². The zero-order valence-electron chi connectivity index (χ0n) is 12.0. The molecule has 0 aromatic heterocycles. The molecule has 0 aromatic rings. The van der Waals surface area contributed by atoms with Gasteiger partial charge in [-0.25, -0.2) is 0 Å². The van der Waals surface area contributed by atoms with E-state index in [9.17, 15) is 19.2 Å². The van der Waals surface area contributed by atoms with Crippen LogP contribution in [0.3, 0.4) is 0 Å². The molecule has 9 nitrogen and oxygen atoms in total. The summed E-state index contributed by atoms with van der Waals surface area (Å²) in [5.41, 5.74) is 0. The van der Waals surface area contributed by atoms with Crippen LogP contribution in [0.15, 0.2) is 0 Å². The van der Waals surface area contributed by atoms with Crippen LogP contribution in [0, 0.1) is 0 Å². The molecule has 0 aliphatic heterocycles. The highest BCUT2D eigenvalue weighted by molar-refractivity contribution is 5.78. The van der Waals surface area contributed by atoms with Crippen LogP contribution in [0.1, 0.15) is 13.8 Å². The molecule has 0 aliphatic rings.